The summed E-state index contributed by atoms with van der Waals surface area (Å²) < 4.78 is 12.2. The SMILES string of the molecule is C=CCc1c(CCCC)oc2cc3cc(CCCC)oc3cc12. The van der Waals surface area contributed by atoms with Crippen molar-refractivity contribution >= 4 is 21.9 Å². The Labute approximate surface area is 138 Å². The largest absolute Gasteiger partial charge is 0.461 e. The third-order valence-electron chi connectivity index (χ3n) is 4.45. The summed E-state index contributed by atoms with van der Waals surface area (Å²) in [5.41, 5.74) is 3.22. The van der Waals surface area contributed by atoms with E-state index in [1.54, 1.807) is 0 Å². The molecule has 2 aromatic heterocycles. The van der Waals surface area contributed by atoms with E-state index >= 15 is 0 Å². The maximum atomic E-state index is 6.16. The normalized spacial score (nSPS) is 11.6. The lowest BCUT2D eigenvalue weighted by molar-refractivity contribution is 0.531. The summed E-state index contributed by atoms with van der Waals surface area (Å²) in [5, 5.41) is 2.32. The molecule has 0 spiro atoms. The van der Waals surface area contributed by atoms with Crippen LogP contribution in [0, 0.1) is 0 Å². The second kappa shape index (κ2) is 7.08. The number of hydrogen-bond acceptors (Lipinski definition) is 2. The minimum Gasteiger partial charge on any atom is -0.461 e. The molecule has 0 bridgehead atoms. The van der Waals surface area contributed by atoms with Crippen molar-refractivity contribution in [2.75, 3.05) is 0 Å². The zero-order valence-corrected chi connectivity index (χ0v) is 14.3. The van der Waals surface area contributed by atoms with E-state index in [2.05, 4.69) is 38.6 Å². The molecule has 1 aromatic carbocycles. The van der Waals surface area contributed by atoms with Gasteiger partial charge in [-0.05, 0) is 37.5 Å². The highest BCUT2D eigenvalue weighted by Gasteiger charge is 2.15. The van der Waals surface area contributed by atoms with Gasteiger partial charge in [0.15, 0.2) is 0 Å². The van der Waals surface area contributed by atoms with Crippen LogP contribution >= 0.6 is 0 Å². The highest BCUT2D eigenvalue weighted by atomic mass is 16.3. The molecule has 0 unspecified atom stereocenters. The standard InChI is InChI=1S/C21H26O2/c1-4-7-10-16-12-15-13-21-18(14-20(15)22-16)17(9-6-3)19(23-21)11-8-5-2/h6,12-14H,3-5,7-11H2,1-2H3. The monoisotopic (exact) mass is 310 g/mol. The summed E-state index contributed by atoms with van der Waals surface area (Å²) in [4.78, 5) is 0. The third kappa shape index (κ3) is 3.21. The predicted molar refractivity (Wildman–Crippen MR) is 97.1 cm³/mol. The van der Waals surface area contributed by atoms with Crippen molar-refractivity contribution in [1.29, 1.82) is 0 Å². The smallest absolute Gasteiger partial charge is 0.135 e. The van der Waals surface area contributed by atoms with E-state index in [0.717, 1.165) is 53.8 Å². The average Bonchev–Trinajstić information content (AvgIpc) is 3.09. The summed E-state index contributed by atoms with van der Waals surface area (Å²) in [7, 11) is 0. The molecule has 2 heterocycles. The van der Waals surface area contributed by atoms with Gasteiger partial charge in [0.1, 0.15) is 22.7 Å². The molecular weight excluding hydrogens is 284 g/mol. The Balaban J connectivity index is 2.05. The number of allylic oxidation sites excluding steroid dienone is 1. The molecule has 0 aliphatic heterocycles. The van der Waals surface area contributed by atoms with E-state index in [4.69, 9.17) is 8.83 Å². The van der Waals surface area contributed by atoms with Crippen molar-refractivity contribution in [2.24, 2.45) is 0 Å². The van der Waals surface area contributed by atoms with Crippen LogP contribution in [0.15, 0.2) is 39.7 Å². The fourth-order valence-corrected chi connectivity index (χ4v) is 3.17. The van der Waals surface area contributed by atoms with Gasteiger partial charge >= 0.3 is 0 Å². The van der Waals surface area contributed by atoms with Gasteiger partial charge in [-0.25, -0.2) is 0 Å². The molecule has 0 radical (unpaired) electrons. The van der Waals surface area contributed by atoms with Crippen LogP contribution in [-0.2, 0) is 19.3 Å². The number of fused-ring (bicyclic) bond motifs is 2. The van der Waals surface area contributed by atoms with Gasteiger partial charge in [0.25, 0.3) is 0 Å². The van der Waals surface area contributed by atoms with Gasteiger partial charge in [-0.2, -0.15) is 0 Å². The fraction of sp³-hybridized carbons (Fsp3) is 0.429. The molecule has 23 heavy (non-hydrogen) atoms. The first kappa shape index (κ1) is 15.9. The molecule has 3 aromatic rings. The van der Waals surface area contributed by atoms with E-state index in [9.17, 15) is 0 Å². The molecule has 0 fully saturated rings. The van der Waals surface area contributed by atoms with Crippen LogP contribution in [0.2, 0.25) is 0 Å². The predicted octanol–water partition coefficient (Wildman–Crippen LogP) is 6.59. The summed E-state index contributed by atoms with van der Waals surface area (Å²) in [6, 6.07) is 6.44. The molecule has 2 nitrogen and oxygen atoms in total. The van der Waals surface area contributed by atoms with Crippen LogP contribution in [0.4, 0.5) is 0 Å². The highest BCUT2D eigenvalue weighted by Crippen LogP contribution is 2.33. The molecule has 0 saturated heterocycles. The van der Waals surface area contributed by atoms with E-state index in [0.29, 0.717) is 0 Å². The van der Waals surface area contributed by atoms with Crippen molar-refractivity contribution in [2.45, 2.75) is 58.8 Å². The van der Waals surface area contributed by atoms with Gasteiger partial charge < -0.3 is 8.83 Å². The minimum atomic E-state index is 0.848. The van der Waals surface area contributed by atoms with Gasteiger partial charge in [0.2, 0.25) is 0 Å². The van der Waals surface area contributed by atoms with Crippen LogP contribution in [0.3, 0.4) is 0 Å². The van der Waals surface area contributed by atoms with Crippen LogP contribution in [0.1, 0.15) is 56.6 Å². The van der Waals surface area contributed by atoms with Gasteiger partial charge in [-0.3, -0.25) is 0 Å². The molecule has 2 heteroatoms. The molecule has 0 N–H and O–H groups in total. The molecular formula is C21H26O2. The lowest BCUT2D eigenvalue weighted by atomic mass is 10.0. The van der Waals surface area contributed by atoms with Gasteiger partial charge in [0.05, 0.1) is 0 Å². The van der Waals surface area contributed by atoms with Gasteiger partial charge in [-0.1, -0.05) is 32.8 Å². The number of rotatable bonds is 8. The Morgan fingerprint density at radius 1 is 0.957 bits per heavy atom. The first-order valence-electron chi connectivity index (χ1n) is 8.84. The first-order chi connectivity index (χ1) is 11.3. The Kier molecular flexibility index (Phi) is 4.90. The summed E-state index contributed by atoms with van der Waals surface area (Å²) in [6.45, 7) is 8.31. The minimum absolute atomic E-state index is 0.848. The quantitative estimate of drug-likeness (QED) is 0.438. The molecule has 0 aliphatic carbocycles. The number of furan rings is 2. The van der Waals surface area contributed by atoms with E-state index in [1.165, 1.54) is 30.2 Å². The summed E-state index contributed by atoms with van der Waals surface area (Å²) in [6.07, 6.45) is 9.49. The molecule has 122 valence electrons. The lowest BCUT2D eigenvalue weighted by Gasteiger charge is -1.99. The maximum Gasteiger partial charge on any atom is 0.135 e. The Morgan fingerprint density at radius 2 is 1.74 bits per heavy atom. The van der Waals surface area contributed by atoms with Crippen LogP contribution in [0.25, 0.3) is 21.9 Å². The first-order valence-corrected chi connectivity index (χ1v) is 8.84. The molecule has 0 aliphatic rings. The van der Waals surface area contributed by atoms with Crippen LogP contribution in [0.5, 0.6) is 0 Å². The second-order valence-electron chi connectivity index (χ2n) is 6.30. The molecule has 0 amide bonds. The molecule has 0 saturated carbocycles. The van der Waals surface area contributed by atoms with E-state index in [1.807, 2.05) is 6.08 Å². The zero-order valence-electron chi connectivity index (χ0n) is 14.3. The number of unbranched alkanes of at least 4 members (excludes halogenated alkanes) is 2. The van der Waals surface area contributed by atoms with Crippen molar-refractivity contribution in [3.63, 3.8) is 0 Å². The molecule has 0 atom stereocenters. The second-order valence-corrected chi connectivity index (χ2v) is 6.30. The van der Waals surface area contributed by atoms with Crippen molar-refractivity contribution < 1.29 is 8.83 Å². The third-order valence-corrected chi connectivity index (χ3v) is 4.45. The highest BCUT2D eigenvalue weighted by molar-refractivity contribution is 5.95. The maximum absolute atomic E-state index is 6.16. The summed E-state index contributed by atoms with van der Waals surface area (Å²) in [5.74, 6) is 2.19. The summed E-state index contributed by atoms with van der Waals surface area (Å²) >= 11 is 0. The topological polar surface area (TPSA) is 26.3 Å². The van der Waals surface area contributed by atoms with Crippen molar-refractivity contribution in [1.82, 2.24) is 0 Å². The van der Waals surface area contributed by atoms with Gasteiger partial charge in [0, 0.05) is 29.2 Å². The Hall–Kier alpha value is -1.96. The number of benzene rings is 1. The van der Waals surface area contributed by atoms with E-state index in [-0.39, 0.29) is 0 Å². The Morgan fingerprint density at radius 3 is 2.48 bits per heavy atom. The Bertz CT molecular complexity index is 804. The van der Waals surface area contributed by atoms with Crippen molar-refractivity contribution in [3.05, 3.63) is 47.9 Å². The van der Waals surface area contributed by atoms with Crippen LogP contribution < -0.4 is 0 Å². The molecule has 3 rings (SSSR count). The lowest BCUT2D eigenvalue weighted by Crippen LogP contribution is -1.88. The van der Waals surface area contributed by atoms with Gasteiger partial charge in [-0.15, -0.1) is 6.58 Å². The number of aryl methyl sites for hydroxylation is 2. The van der Waals surface area contributed by atoms with E-state index < -0.39 is 0 Å². The van der Waals surface area contributed by atoms with Crippen molar-refractivity contribution in [3.8, 4) is 0 Å². The average molecular weight is 310 g/mol. The van der Waals surface area contributed by atoms with Crippen LogP contribution in [-0.4, -0.2) is 0 Å². The fourth-order valence-electron chi connectivity index (χ4n) is 3.17. The zero-order chi connectivity index (χ0) is 16.2. The number of hydrogen-bond donors (Lipinski definition) is 0.